The zero-order chi connectivity index (χ0) is 30.4. The second-order valence-electron chi connectivity index (χ2n) is 9.99. The molecular weight excluding hydrogens is 608 g/mol. The topological polar surface area (TPSA) is 63.2 Å². The van der Waals surface area contributed by atoms with E-state index in [4.69, 9.17) is 23.7 Å². The van der Waals surface area contributed by atoms with Gasteiger partial charge in [-0.3, -0.25) is 0 Å². The molecule has 0 spiro atoms. The fourth-order valence-electron chi connectivity index (χ4n) is 4.58. The monoisotopic (exact) mass is 646 g/mol. The minimum Gasteiger partial charge on any atom is -0.493 e. The lowest BCUT2D eigenvalue weighted by Gasteiger charge is -2.18. The molecule has 0 unspecified atom stereocenters. The zero-order valence-corrected chi connectivity index (χ0v) is 26.7. The summed E-state index contributed by atoms with van der Waals surface area (Å²) in [4.78, 5) is 12.3. The molecule has 0 aliphatic heterocycles. The van der Waals surface area contributed by atoms with Crippen LogP contribution in [0.5, 0.6) is 28.7 Å². The molecule has 0 N–H and O–H groups in total. The summed E-state index contributed by atoms with van der Waals surface area (Å²) in [5.41, 5.74) is 3.57. The van der Waals surface area contributed by atoms with E-state index in [-0.39, 0.29) is 0 Å². The largest absolute Gasteiger partial charge is 0.493 e. The Kier molecular flexibility index (Phi) is 12.3. The van der Waals surface area contributed by atoms with Gasteiger partial charge in [0.25, 0.3) is 0 Å². The zero-order valence-electron chi connectivity index (χ0n) is 25.1. The van der Waals surface area contributed by atoms with Gasteiger partial charge in [-0.25, -0.2) is 4.79 Å². The number of rotatable bonds is 16. The molecule has 0 amide bonds. The molecule has 0 bridgehead atoms. The predicted octanol–water partition coefficient (Wildman–Crippen LogP) is 9.36. The Morgan fingerprint density at radius 1 is 0.721 bits per heavy atom. The lowest BCUT2D eigenvalue weighted by atomic mass is 10.1. The Hall–Kier alpha value is -3.97. The minimum absolute atomic E-state index is 0.378. The van der Waals surface area contributed by atoms with Crippen LogP contribution in [0.15, 0.2) is 89.4 Å². The number of hydrogen-bond donors (Lipinski definition) is 0. The third kappa shape index (κ3) is 9.01. The number of halogens is 1. The molecular formula is C36H39BrO6. The SMILES string of the molecule is CCCCc1c(OCCCOc2cc(OCc3ccccc3)c(Br)cc2CC)cccc1Oc1ccccc1C(=O)OC. The number of methoxy groups -OCH3 is 1. The smallest absolute Gasteiger partial charge is 0.341 e. The summed E-state index contributed by atoms with van der Waals surface area (Å²) in [6, 6.07) is 27.0. The molecule has 4 rings (SSSR count). The van der Waals surface area contributed by atoms with Gasteiger partial charge < -0.3 is 23.7 Å². The Balaban J connectivity index is 1.39. The average Bonchev–Trinajstić information content (AvgIpc) is 3.04. The molecule has 0 aliphatic carbocycles. The van der Waals surface area contributed by atoms with E-state index in [1.807, 2.05) is 60.7 Å². The summed E-state index contributed by atoms with van der Waals surface area (Å²) in [7, 11) is 1.36. The van der Waals surface area contributed by atoms with Gasteiger partial charge in [0.1, 0.15) is 40.9 Å². The molecule has 0 heterocycles. The Morgan fingerprint density at radius 3 is 2.16 bits per heavy atom. The summed E-state index contributed by atoms with van der Waals surface area (Å²) in [5.74, 6) is 3.02. The Labute approximate surface area is 263 Å². The van der Waals surface area contributed by atoms with Gasteiger partial charge in [0.05, 0.1) is 24.8 Å². The van der Waals surface area contributed by atoms with Crippen LogP contribution in [-0.2, 0) is 24.2 Å². The highest BCUT2D eigenvalue weighted by Crippen LogP contribution is 2.36. The van der Waals surface area contributed by atoms with Crippen molar-refractivity contribution in [3.63, 3.8) is 0 Å². The summed E-state index contributed by atoms with van der Waals surface area (Å²) >= 11 is 3.65. The molecule has 0 aliphatic rings. The average molecular weight is 648 g/mol. The van der Waals surface area contributed by atoms with Crippen molar-refractivity contribution in [2.24, 2.45) is 0 Å². The first-order valence-corrected chi connectivity index (χ1v) is 15.5. The fraction of sp³-hybridized carbons (Fsp3) is 0.306. The number of esters is 1. The molecule has 0 saturated carbocycles. The standard InChI is InChI=1S/C36H39BrO6/c1-4-6-16-28-31(19-12-20-32(28)43-33-18-11-10-17-29(33)36(38)39-3)40-21-13-22-41-34-24-35(30(37)23-27(34)5-2)42-25-26-14-8-7-9-15-26/h7-12,14-15,17-20,23-24H,4-6,13,16,21-22,25H2,1-3H3. The number of hydrogen-bond acceptors (Lipinski definition) is 6. The first-order valence-electron chi connectivity index (χ1n) is 14.8. The number of ether oxygens (including phenoxy) is 5. The Bertz CT molecular complexity index is 1470. The van der Waals surface area contributed by atoms with E-state index in [0.29, 0.717) is 43.3 Å². The second-order valence-corrected chi connectivity index (χ2v) is 10.8. The molecule has 4 aromatic rings. The van der Waals surface area contributed by atoms with Crippen molar-refractivity contribution in [1.29, 1.82) is 0 Å². The van der Waals surface area contributed by atoms with Crippen molar-refractivity contribution in [2.45, 2.75) is 52.6 Å². The van der Waals surface area contributed by atoms with Gasteiger partial charge in [0, 0.05) is 18.1 Å². The van der Waals surface area contributed by atoms with E-state index in [0.717, 1.165) is 64.1 Å². The van der Waals surface area contributed by atoms with E-state index in [1.165, 1.54) is 7.11 Å². The van der Waals surface area contributed by atoms with Gasteiger partial charge >= 0.3 is 5.97 Å². The molecule has 226 valence electrons. The van der Waals surface area contributed by atoms with Crippen LogP contribution >= 0.6 is 15.9 Å². The van der Waals surface area contributed by atoms with Crippen LogP contribution in [0.2, 0.25) is 0 Å². The lowest BCUT2D eigenvalue weighted by molar-refractivity contribution is 0.0598. The highest BCUT2D eigenvalue weighted by molar-refractivity contribution is 9.10. The van der Waals surface area contributed by atoms with Crippen molar-refractivity contribution < 1.29 is 28.5 Å². The van der Waals surface area contributed by atoms with Gasteiger partial charge in [-0.2, -0.15) is 0 Å². The van der Waals surface area contributed by atoms with E-state index >= 15 is 0 Å². The third-order valence-corrected chi connectivity index (χ3v) is 7.54. The molecule has 4 aromatic carbocycles. The summed E-state index contributed by atoms with van der Waals surface area (Å²) < 4.78 is 30.6. The van der Waals surface area contributed by atoms with E-state index in [9.17, 15) is 4.79 Å². The van der Waals surface area contributed by atoms with Crippen molar-refractivity contribution in [1.82, 2.24) is 0 Å². The number of para-hydroxylation sites is 1. The van der Waals surface area contributed by atoms with Gasteiger partial charge in [0.2, 0.25) is 0 Å². The molecule has 0 aromatic heterocycles. The number of aryl methyl sites for hydroxylation is 1. The maximum absolute atomic E-state index is 12.3. The molecule has 0 radical (unpaired) electrons. The first-order chi connectivity index (χ1) is 21.0. The van der Waals surface area contributed by atoms with Crippen LogP contribution in [0.3, 0.4) is 0 Å². The first kappa shape index (κ1) is 32.0. The fourth-order valence-corrected chi connectivity index (χ4v) is 5.09. The minimum atomic E-state index is -0.440. The van der Waals surface area contributed by atoms with E-state index < -0.39 is 5.97 Å². The second kappa shape index (κ2) is 16.6. The summed E-state index contributed by atoms with van der Waals surface area (Å²) in [6.07, 6.45) is 4.35. The van der Waals surface area contributed by atoms with Crippen molar-refractivity contribution in [3.8, 4) is 28.7 Å². The van der Waals surface area contributed by atoms with Crippen LogP contribution in [0.25, 0.3) is 0 Å². The highest BCUT2D eigenvalue weighted by Gasteiger charge is 2.17. The van der Waals surface area contributed by atoms with Gasteiger partial charge in [-0.15, -0.1) is 0 Å². The van der Waals surface area contributed by atoms with Crippen LogP contribution in [0.4, 0.5) is 0 Å². The summed E-state index contributed by atoms with van der Waals surface area (Å²) in [5, 5.41) is 0. The number of unbranched alkanes of at least 4 members (excludes halogenated alkanes) is 1. The third-order valence-electron chi connectivity index (χ3n) is 6.92. The molecule has 0 fully saturated rings. The molecule has 43 heavy (non-hydrogen) atoms. The van der Waals surface area contributed by atoms with Crippen LogP contribution < -0.4 is 18.9 Å². The van der Waals surface area contributed by atoms with Gasteiger partial charge in [-0.05, 0) is 76.7 Å². The van der Waals surface area contributed by atoms with Crippen molar-refractivity contribution >= 4 is 21.9 Å². The van der Waals surface area contributed by atoms with Crippen LogP contribution in [0, 0.1) is 0 Å². The maximum Gasteiger partial charge on any atom is 0.341 e. The normalized spacial score (nSPS) is 10.7. The molecule has 0 atom stereocenters. The van der Waals surface area contributed by atoms with Crippen LogP contribution in [0.1, 0.15) is 60.2 Å². The number of carbonyl (C=O) groups excluding carboxylic acids is 1. The molecule has 7 heteroatoms. The lowest BCUT2D eigenvalue weighted by Crippen LogP contribution is -2.08. The quantitative estimate of drug-likeness (QED) is 0.0892. The summed E-state index contributed by atoms with van der Waals surface area (Å²) in [6.45, 7) is 5.73. The molecule has 0 saturated heterocycles. The molecule has 6 nitrogen and oxygen atoms in total. The van der Waals surface area contributed by atoms with Crippen molar-refractivity contribution in [2.75, 3.05) is 20.3 Å². The predicted molar refractivity (Wildman–Crippen MR) is 173 cm³/mol. The van der Waals surface area contributed by atoms with Gasteiger partial charge in [-0.1, -0.05) is 68.8 Å². The van der Waals surface area contributed by atoms with Crippen LogP contribution in [-0.4, -0.2) is 26.3 Å². The van der Waals surface area contributed by atoms with Crippen molar-refractivity contribution in [3.05, 3.63) is 112 Å². The number of benzene rings is 4. The van der Waals surface area contributed by atoms with Gasteiger partial charge in [0.15, 0.2) is 0 Å². The van der Waals surface area contributed by atoms with E-state index in [2.05, 4.69) is 35.8 Å². The van der Waals surface area contributed by atoms with E-state index in [1.54, 1.807) is 18.2 Å². The Morgan fingerprint density at radius 2 is 1.42 bits per heavy atom. The maximum atomic E-state index is 12.3. The number of carbonyl (C=O) groups is 1. The highest BCUT2D eigenvalue weighted by atomic mass is 79.9.